The summed E-state index contributed by atoms with van der Waals surface area (Å²) in [6, 6.07) is 17.5. The van der Waals surface area contributed by atoms with Crippen molar-refractivity contribution in [3.8, 4) is 6.07 Å². The van der Waals surface area contributed by atoms with E-state index in [9.17, 15) is 14.9 Å². The lowest BCUT2D eigenvalue weighted by Gasteiger charge is -2.37. The van der Waals surface area contributed by atoms with Gasteiger partial charge in [-0.05, 0) is 43.2 Å². The highest BCUT2D eigenvalue weighted by atomic mass is 16.5. The van der Waals surface area contributed by atoms with Crippen LogP contribution in [0.5, 0.6) is 0 Å². The lowest BCUT2D eigenvalue weighted by Crippen LogP contribution is -2.47. The summed E-state index contributed by atoms with van der Waals surface area (Å²) in [5.41, 5.74) is 1.45. The molecule has 2 aliphatic rings. The molecular formula is C27H28N6O3. The summed E-state index contributed by atoms with van der Waals surface area (Å²) in [6.45, 7) is 3.84. The number of aromatic nitrogens is 2. The van der Waals surface area contributed by atoms with Crippen LogP contribution in [-0.4, -0.2) is 60.7 Å². The van der Waals surface area contributed by atoms with Crippen LogP contribution in [0.4, 0.5) is 11.5 Å². The normalized spacial score (nSPS) is 18.3. The van der Waals surface area contributed by atoms with Crippen molar-refractivity contribution in [1.29, 1.82) is 5.26 Å². The molecular weight excluding hydrogens is 456 g/mol. The van der Waals surface area contributed by atoms with E-state index in [-0.39, 0.29) is 22.8 Å². The number of anilines is 2. The summed E-state index contributed by atoms with van der Waals surface area (Å²) >= 11 is 0. The molecule has 5 rings (SSSR count). The molecule has 2 aliphatic heterocycles. The van der Waals surface area contributed by atoms with Crippen LogP contribution < -0.4 is 20.7 Å². The lowest BCUT2D eigenvalue weighted by atomic mass is 10.1. The Hall–Kier alpha value is -4.16. The standard InChI is InChI=1S/C27H28N6O3/c28-18-20(26(34)29-19-22-9-6-16-36-22)17-23-25(30-24-10-4-5-11-33(24)27(23)35)32-14-12-31(13-15-32)21-7-2-1-3-8-21/h1-5,7-8,10-11,17,22H,6,9,12-16,19H2,(H,29,34)/b20-17+/t22-/m1/s1. The van der Waals surface area contributed by atoms with E-state index in [4.69, 9.17) is 9.72 Å². The molecule has 0 spiro atoms. The first-order valence-corrected chi connectivity index (χ1v) is 12.2. The van der Waals surface area contributed by atoms with E-state index < -0.39 is 5.91 Å². The predicted octanol–water partition coefficient (Wildman–Crippen LogP) is 2.22. The number of benzene rings is 1. The van der Waals surface area contributed by atoms with Crippen LogP contribution in [0.15, 0.2) is 65.1 Å². The Morgan fingerprint density at radius 2 is 1.86 bits per heavy atom. The van der Waals surface area contributed by atoms with Crippen LogP contribution in [0.3, 0.4) is 0 Å². The molecule has 9 heteroatoms. The van der Waals surface area contributed by atoms with Crippen LogP contribution in [0, 0.1) is 11.3 Å². The van der Waals surface area contributed by atoms with Crippen molar-refractivity contribution < 1.29 is 9.53 Å². The molecule has 9 nitrogen and oxygen atoms in total. The van der Waals surface area contributed by atoms with Gasteiger partial charge in [0, 0.05) is 51.2 Å². The van der Waals surface area contributed by atoms with Crippen LogP contribution in [0.1, 0.15) is 18.4 Å². The molecule has 0 bridgehead atoms. The van der Waals surface area contributed by atoms with Crippen molar-refractivity contribution in [2.45, 2.75) is 18.9 Å². The van der Waals surface area contributed by atoms with Gasteiger partial charge in [0.25, 0.3) is 11.5 Å². The molecule has 2 saturated heterocycles. The fourth-order valence-corrected chi connectivity index (χ4v) is 4.67. The maximum absolute atomic E-state index is 13.5. The molecule has 3 aromatic rings. The van der Waals surface area contributed by atoms with Gasteiger partial charge in [-0.25, -0.2) is 4.98 Å². The van der Waals surface area contributed by atoms with E-state index in [1.807, 2.05) is 30.3 Å². The highest BCUT2D eigenvalue weighted by Crippen LogP contribution is 2.23. The average molecular weight is 485 g/mol. The molecule has 4 heterocycles. The number of nitriles is 1. The Kier molecular flexibility index (Phi) is 6.96. The van der Waals surface area contributed by atoms with Crippen molar-refractivity contribution >= 4 is 29.1 Å². The Labute approximate surface area is 209 Å². The Balaban J connectivity index is 1.45. The molecule has 0 radical (unpaired) electrons. The third kappa shape index (κ3) is 4.95. The number of hydrogen-bond donors (Lipinski definition) is 1. The topological polar surface area (TPSA) is 103 Å². The number of para-hydroxylation sites is 1. The summed E-state index contributed by atoms with van der Waals surface area (Å²) < 4.78 is 6.99. The third-order valence-electron chi connectivity index (χ3n) is 6.62. The number of amides is 1. The maximum atomic E-state index is 13.5. The quantitative estimate of drug-likeness (QED) is 0.423. The van der Waals surface area contributed by atoms with E-state index in [1.54, 1.807) is 18.3 Å². The van der Waals surface area contributed by atoms with Crippen molar-refractivity contribution in [2.75, 3.05) is 49.1 Å². The number of rotatable bonds is 6. The second-order valence-corrected chi connectivity index (χ2v) is 8.91. The first-order chi connectivity index (χ1) is 17.6. The number of carbonyl (C=O) groups excluding carboxylic acids is 1. The van der Waals surface area contributed by atoms with Gasteiger partial charge in [0.1, 0.15) is 23.1 Å². The van der Waals surface area contributed by atoms with Gasteiger partial charge < -0.3 is 19.9 Å². The highest BCUT2D eigenvalue weighted by molar-refractivity contribution is 6.02. The molecule has 2 aromatic heterocycles. The molecule has 0 unspecified atom stereocenters. The Morgan fingerprint density at radius 1 is 1.11 bits per heavy atom. The maximum Gasteiger partial charge on any atom is 0.267 e. The minimum absolute atomic E-state index is 0.0432. The van der Waals surface area contributed by atoms with E-state index in [2.05, 4.69) is 27.2 Å². The number of piperazine rings is 1. The van der Waals surface area contributed by atoms with Gasteiger partial charge in [0.05, 0.1) is 11.7 Å². The Bertz CT molecular complexity index is 1360. The number of nitrogens with zero attached hydrogens (tertiary/aromatic N) is 5. The minimum Gasteiger partial charge on any atom is -0.376 e. The molecule has 2 fully saturated rings. The van der Waals surface area contributed by atoms with Gasteiger partial charge in [0.2, 0.25) is 0 Å². The van der Waals surface area contributed by atoms with E-state index >= 15 is 0 Å². The number of fused-ring (bicyclic) bond motifs is 1. The van der Waals surface area contributed by atoms with Gasteiger partial charge in [0.15, 0.2) is 0 Å². The minimum atomic E-state index is -0.523. The number of nitrogens with one attached hydrogen (secondary N) is 1. The third-order valence-corrected chi connectivity index (χ3v) is 6.62. The first kappa shape index (κ1) is 23.6. The van der Waals surface area contributed by atoms with Gasteiger partial charge in [-0.3, -0.25) is 14.0 Å². The molecule has 36 heavy (non-hydrogen) atoms. The molecule has 0 aliphatic carbocycles. The molecule has 1 aromatic carbocycles. The first-order valence-electron chi connectivity index (χ1n) is 12.2. The summed E-state index contributed by atoms with van der Waals surface area (Å²) in [4.78, 5) is 35.4. The van der Waals surface area contributed by atoms with Crippen molar-refractivity contribution in [2.24, 2.45) is 0 Å². The molecule has 184 valence electrons. The van der Waals surface area contributed by atoms with E-state index in [0.29, 0.717) is 37.7 Å². The van der Waals surface area contributed by atoms with Crippen LogP contribution in [-0.2, 0) is 9.53 Å². The largest absolute Gasteiger partial charge is 0.376 e. The summed E-state index contributed by atoms with van der Waals surface area (Å²) in [6.07, 6.45) is 4.81. The number of hydrogen-bond acceptors (Lipinski definition) is 7. The van der Waals surface area contributed by atoms with Gasteiger partial charge in [-0.1, -0.05) is 24.3 Å². The molecule has 1 N–H and O–H groups in total. The predicted molar refractivity (Wildman–Crippen MR) is 138 cm³/mol. The number of pyridine rings is 1. The Morgan fingerprint density at radius 3 is 2.58 bits per heavy atom. The SMILES string of the molecule is N#C/C(=C\c1c(N2CCN(c3ccccc3)CC2)nc2ccccn2c1=O)C(=O)NC[C@H]1CCCO1. The zero-order valence-corrected chi connectivity index (χ0v) is 20.0. The number of carbonyl (C=O) groups is 1. The van der Waals surface area contributed by atoms with Crippen molar-refractivity contribution in [3.05, 3.63) is 76.2 Å². The van der Waals surface area contributed by atoms with Gasteiger partial charge >= 0.3 is 0 Å². The van der Waals surface area contributed by atoms with Gasteiger partial charge in [-0.15, -0.1) is 0 Å². The smallest absolute Gasteiger partial charge is 0.267 e. The van der Waals surface area contributed by atoms with E-state index in [0.717, 1.165) is 31.6 Å². The van der Waals surface area contributed by atoms with Crippen LogP contribution in [0.2, 0.25) is 0 Å². The van der Waals surface area contributed by atoms with Crippen LogP contribution in [0.25, 0.3) is 11.7 Å². The second-order valence-electron chi connectivity index (χ2n) is 8.91. The van der Waals surface area contributed by atoms with Gasteiger partial charge in [-0.2, -0.15) is 5.26 Å². The fraction of sp³-hybridized carbons (Fsp3) is 0.333. The fourth-order valence-electron chi connectivity index (χ4n) is 4.67. The second kappa shape index (κ2) is 10.6. The lowest BCUT2D eigenvalue weighted by molar-refractivity contribution is -0.117. The number of ether oxygens (including phenoxy) is 1. The summed E-state index contributed by atoms with van der Waals surface area (Å²) in [7, 11) is 0. The van der Waals surface area contributed by atoms with Crippen molar-refractivity contribution in [3.63, 3.8) is 0 Å². The van der Waals surface area contributed by atoms with Crippen LogP contribution >= 0.6 is 0 Å². The highest BCUT2D eigenvalue weighted by Gasteiger charge is 2.24. The molecule has 0 saturated carbocycles. The zero-order valence-electron chi connectivity index (χ0n) is 20.0. The summed E-state index contributed by atoms with van der Waals surface area (Å²) in [5.74, 6) is -0.0380. The molecule has 1 amide bonds. The summed E-state index contributed by atoms with van der Waals surface area (Å²) in [5, 5.41) is 12.5. The zero-order chi connectivity index (χ0) is 24.9. The van der Waals surface area contributed by atoms with Crippen molar-refractivity contribution in [1.82, 2.24) is 14.7 Å². The monoisotopic (exact) mass is 484 g/mol. The molecule has 1 atom stereocenters. The average Bonchev–Trinajstić information content (AvgIpc) is 3.46. The van der Waals surface area contributed by atoms with E-state index in [1.165, 1.54) is 10.5 Å².